The Kier molecular flexibility index (Phi) is 5.15. The molecule has 3 aromatic rings. The summed E-state index contributed by atoms with van der Waals surface area (Å²) in [6, 6.07) is 16.0. The van der Waals surface area contributed by atoms with Gasteiger partial charge in [-0.05, 0) is 5.56 Å². The van der Waals surface area contributed by atoms with Gasteiger partial charge in [0.25, 0.3) is 5.69 Å². The molecule has 0 aliphatic carbocycles. The van der Waals surface area contributed by atoms with Gasteiger partial charge in [-0.3, -0.25) is 14.9 Å². The Bertz CT molecular complexity index is 893. The Morgan fingerprint density at radius 2 is 1.96 bits per heavy atom. The molecule has 1 heterocycles. The largest absolute Gasteiger partial charge is 0.352 e. The molecule has 126 valence electrons. The highest BCUT2D eigenvalue weighted by atomic mass is 32.1. The molecule has 2 aromatic carbocycles. The predicted molar refractivity (Wildman–Crippen MR) is 96.2 cm³/mol. The van der Waals surface area contributed by atoms with Crippen LogP contribution in [0.4, 0.5) is 5.69 Å². The van der Waals surface area contributed by atoms with Gasteiger partial charge < -0.3 is 5.32 Å². The summed E-state index contributed by atoms with van der Waals surface area (Å²) in [5.74, 6) is -0.108. The van der Waals surface area contributed by atoms with Crippen LogP contribution in [0.5, 0.6) is 0 Å². The highest BCUT2D eigenvalue weighted by Crippen LogP contribution is 2.25. The fraction of sp³-hybridized carbons (Fsp3) is 0.111. The van der Waals surface area contributed by atoms with E-state index in [1.807, 2.05) is 30.3 Å². The minimum Gasteiger partial charge on any atom is -0.352 e. The monoisotopic (exact) mass is 353 g/mol. The van der Waals surface area contributed by atoms with E-state index in [2.05, 4.69) is 10.3 Å². The molecule has 0 radical (unpaired) electrons. The number of nitrogens with zero attached hydrogens (tertiary/aromatic N) is 2. The lowest BCUT2D eigenvalue weighted by molar-refractivity contribution is -0.384. The highest BCUT2D eigenvalue weighted by molar-refractivity contribution is 7.10. The minimum absolute atomic E-state index is 0.0210. The summed E-state index contributed by atoms with van der Waals surface area (Å²) < 4.78 is 0. The zero-order valence-electron chi connectivity index (χ0n) is 13.2. The second-order valence-electron chi connectivity index (χ2n) is 5.37. The molecule has 1 amide bonds. The maximum Gasteiger partial charge on any atom is 0.270 e. The van der Waals surface area contributed by atoms with Crippen molar-refractivity contribution in [1.29, 1.82) is 0 Å². The molecule has 0 spiro atoms. The summed E-state index contributed by atoms with van der Waals surface area (Å²) in [5.41, 5.74) is 2.36. The second kappa shape index (κ2) is 7.67. The molecule has 0 atom stereocenters. The van der Waals surface area contributed by atoms with Gasteiger partial charge in [-0.15, -0.1) is 11.3 Å². The van der Waals surface area contributed by atoms with E-state index in [0.717, 1.165) is 5.56 Å². The van der Waals surface area contributed by atoms with Crippen molar-refractivity contribution in [2.24, 2.45) is 0 Å². The number of carbonyl (C=O) groups is 1. The number of thiazole rings is 1. The quantitative estimate of drug-likeness (QED) is 0.542. The van der Waals surface area contributed by atoms with Gasteiger partial charge in [-0.1, -0.05) is 42.5 Å². The average molecular weight is 353 g/mol. The average Bonchev–Trinajstić information content (AvgIpc) is 3.09. The molecule has 7 heteroatoms. The molecule has 25 heavy (non-hydrogen) atoms. The van der Waals surface area contributed by atoms with Crippen LogP contribution in [0.15, 0.2) is 60.0 Å². The van der Waals surface area contributed by atoms with Gasteiger partial charge in [-0.2, -0.15) is 0 Å². The normalized spacial score (nSPS) is 10.4. The number of nitro benzene ring substituents is 1. The van der Waals surface area contributed by atoms with E-state index in [9.17, 15) is 14.9 Å². The molecule has 1 N–H and O–H groups in total. The lowest BCUT2D eigenvalue weighted by Gasteiger charge is -2.03. The Morgan fingerprint density at radius 3 is 2.72 bits per heavy atom. The second-order valence-corrected chi connectivity index (χ2v) is 6.32. The molecule has 0 aliphatic rings. The first kappa shape index (κ1) is 16.8. The van der Waals surface area contributed by atoms with Crippen molar-refractivity contribution in [2.45, 2.75) is 13.0 Å². The van der Waals surface area contributed by atoms with Gasteiger partial charge in [0.1, 0.15) is 5.01 Å². The fourth-order valence-corrected chi connectivity index (χ4v) is 3.10. The summed E-state index contributed by atoms with van der Waals surface area (Å²) in [5, 5.41) is 16.2. The van der Waals surface area contributed by atoms with Crippen molar-refractivity contribution in [3.8, 4) is 11.3 Å². The van der Waals surface area contributed by atoms with E-state index in [-0.39, 0.29) is 18.0 Å². The van der Waals surface area contributed by atoms with E-state index >= 15 is 0 Å². The molecule has 0 saturated carbocycles. The molecule has 3 rings (SSSR count). The molecule has 6 nitrogen and oxygen atoms in total. The van der Waals surface area contributed by atoms with E-state index in [1.165, 1.54) is 23.5 Å². The summed E-state index contributed by atoms with van der Waals surface area (Å²) in [7, 11) is 0. The van der Waals surface area contributed by atoms with Crippen LogP contribution in [0.2, 0.25) is 0 Å². The number of non-ortho nitro benzene ring substituents is 1. The van der Waals surface area contributed by atoms with Crippen LogP contribution in [0.25, 0.3) is 11.3 Å². The number of benzene rings is 2. The van der Waals surface area contributed by atoms with Crippen LogP contribution in [0, 0.1) is 10.1 Å². The Morgan fingerprint density at radius 1 is 1.16 bits per heavy atom. The number of nitrogens with one attached hydrogen (secondary N) is 1. The van der Waals surface area contributed by atoms with Gasteiger partial charge in [0.2, 0.25) is 5.91 Å². The van der Waals surface area contributed by atoms with E-state index in [4.69, 9.17) is 0 Å². The van der Waals surface area contributed by atoms with Crippen LogP contribution >= 0.6 is 11.3 Å². The third-order valence-electron chi connectivity index (χ3n) is 3.55. The molecule has 0 aliphatic heterocycles. The smallest absolute Gasteiger partial charge is 0.270 e. The van der Waals surface area contributed by atoms with Crippen LogP contribution < -0.4 is 5.32 Å². The fourth-order valence-electron chi connectivity index (χ4n) is 2.30. The van der Waals surface area contributed by atoms with Crippen molar-refractivity contribution >= 4 is 22.9 Å². The molecule has 0 unspecified atom stereocenters. The third kappa shape index (κ3) is 4.48. The Balaban J connectivity index is 1.62. The first-order valence-electron chi connectivity index (χ1n) is 7.61. The number of hydrogen-bond acceptors (Lipinski definition) is 5. The molecular formula is C18H15N3O3S. The first-order chi connectivity index (χ1) is 12.1. The first-order valence-corrected chi connectivity index (χ1v) is 8.49. The SMILES string of the molecule is O=C(Cc1nc(-c2cccc([N+](=O)[O-])c2)cs1)NCc1ccccc1. The third-order valence-corrected chi connectivity index (χ3v) is 4.40. The van der Waals surface area contributed by atoms with Gasteiger partial charge in [0.05, 0.1) is 17.0 Å². The van der Waals surface area contributed by atoms with Crippen molar-refractivity contribution in [1.82, 2.24) is 10.3 Å². The van der Waals surface area contributed by atoms with Gasteiger partial charge >= 0.3 is 0 Å². The van der Waals surface area contributed by atoms with Crippen LogP contribution in [0.1, 0.15) is 10.6 Å². The summed E-state index contributed by atoms with van der Waals surface area (Å²) in [6.45, 7) is 0.475. The molecule has 0 fully saturated rings. The van der Waals surface area contributed by atoms with Crippen LogP contribution in [0.3, 0.4) is 0 Å². The number of nitro groups is 1. The van der Waals surface area contributed by atoms with E-state index < -0.39 is 4.92 Å². The number of hydrogen-bond donors (Lipinski definition) is 1. The predicted octanol–water partition coefficient (Wildman–Crippen LogP) is 3.58. The Hall–Kier alpha value is -3.06. The highest BCUT2D eigenvalue weighted by Gasteiger charge is 2.12. The lowest BCUT2D eigenvalue weighted by Crippen LogP contribution is -2.24. The van der Waals surface area contributed by atoms with Gasteiger partial charge in [0.15, 0.2) is 0 Å². The van der Waals surface area contributed by atoms with Crippen molar-refractivity contribution in [2.75, 3.05) is 0 Å². The number of rotatable bonds is 6. The van der Waals surface area contributed by atoms with Crippen LogP contribution in [-0.4, -0.2) is 15.8 Å². The molecule has 0 saturated heterocycles. The number of amides is 1. The minimum atomic E-state index is -0.437. The summed E-state index contributed by atoms with van der Waals surface area (Å²) in [4.78, 5) is 26.9. The van der Waals surface area contributed by atoms with Crippen molar-refractivity contribution < 1.29 is 9.72 Å². The van der Waals surface area contributed by atoms with Crippen molar-refractivity contribution in [3.05, 3.63) is 80.7 Å². The number of aromatic nitrogens is 1. The summed E-state index contributed by atoms with van der Waals surface area (Å²) >= 11 is 1.37. The zero-order chi connectivity index (χ0) is 17.6. The molecular weight excluding hydrogens is 338 g/mol. The van der Waals surface area contributed by atoms with E-state index in [0.29, 0.717) is 22.8 Å². The lowest BCUT2D eigenvalue weighted by atomic mass is 10.1. The topological polar surface area (TPSA) is 85.1 Å². The summed E-state index contributed by atoms with van der Waals surface area (Å²) in [6.07, 6.45) is 0.187. The molecule has 0 bridgehead atoms. The van der Waals surface area contributed by atoms with Crippen molar-refractivity contribution in [3.63, 3.8) is 0 Å². The maximum absolute atomic E-state index is 12.0. The number of carbonyl (C=O) groups excluding carboxylic acids is 1. The van der Waals surface area contributed by atoms with E-state index in [1.54, 1.807) is 17.5 Å². The zero-order valence-corrected chi connectivity index (χ0v) is 14.0. The van der Waals surface area contributed by atoms with Gasteiger partial charge in [-0.25, -0.2) is 4.98 Å². The Labute approximate surface area is 148 Å². The van der Waals surface area contributed by atoms with Crippen LogP contribution in [-0.2, 0) is 17.8 Å². The van der Waals surface area contributed by atoms with Gasteiger partial charge in [0, 0.05) is 29.6 Å². The molecule has 1 aromatic heterocycles. The maximum atomic E-state index is 12.0. The standard InChI is InChI=1S/C18H15N3O3S/c22-17(19-11-13-5-2-1-3-6-13)10-18-20-16(12-25-18)14-7-4-8-15(9-14)21(23)24/h1-9,12H,10-11H2,(H,19,22).